The third kappa shape index (κ3) is 4.13. The molecular formula is C24H24N6O4. The highest BCUT2D eigenvalue weighted by atomic mass is 16.6. The Kier molecular flexibility index (Phi) is 5.89. The molecule has 0 radical (unpaired) electrons. The minimum absolute atomic E-state index is 0.0337. The summed E-state index contributed by atoms with van der Waals surface area (Å²) in [4.78, 5) is 39.4. The second-order valence-electron chi connectivity index (χ2n) is 8.46. The van der Waals surface area contributed by atoms with Crippen LogP contribution in [-0.2, 0) is 0 Å². The predicted octanol–water partition coefficient (Wildman–Crippen LogP) is 4.06. The zero-order chi connectivity index (χ0) is 24.5. The van der Waals surface area contributed by atoms with Crippen molar-refractivity contribution in [2.45, 2.75) is 25.6 Å². The van der Waals surface area contributed by atoms with Gasteiger partial charge in [0.1, 0.15) is 6.17 Å². The molecule has 0 spiro atoms. The van der Waals surface area contributed by atoms with Crippen LogP contribution in [0.4, 0.5) is 21.0 Å². The van der Waals surface area contributed by atoms with Crippen LogP contribution in [0.25, 0.3) is 10.8 Å². The summed E-state index contributed by atoms with van der Waals surface area (Å²) < 4.78 is 0. The molecule has 10 heteroatoms. The molecule has 10 nitrogen and oxygen atoms in total. The molecule has 174 valence electrons. The quantitative estimate of drug-likeness (QED) is 0.339. The van der Waals surface area contributed by atoms with Crippen molar-refractivity contribution in [3.05, 3.63) is 82.4 Å². The first-order valence-corrected chi connectivity index (χ1v) is 10.6. The molecule has 0 saturated carbocycles. The van der Waals surface area contributed by atoms with Crippen LogP contribution in [0.1, 0.15) is 19.4 Å². The van der Waals surface area contributed by atoms with E-state index in [4.69, 9.17) is 0 Å². The molecule has 4 amide bonds. The van der Waals surface area contributed by atoms with Crippen LogP contribution in [-0.4, -0.2) is 46.9 Å². The minimum Gasteiger partial charge on any atom is -0.318 e. The lowest BCUT2D eigenvalue weighted by atomic mass is 10.00. The second kappa shape index (κ2) is 8.81. The average Bonchev–Trinajstić information content (AvgIpc) is 2.98. The zero-order valence-corrected chi connectivity index (χ0v) is 18.9. The van der Waals surface area contributed by atoms with E-state index in [9.17, 15) is 19.7 Å². The molecule has 34 heavy (non-hydrogen) atoms. The number of hydrazone groups is 1. The summed E-state index contributed by atoms with van der Waals surface area (Å²) in [5, 5.41) is 19.4. The second-order valence-corrected chi connectivity index (χ2v) is 8.46. The van der Waals surface area contributed by atoms with Gasteiger partial charge in [0, 0.05) is 24.6 Å². The van der Waals surface area contributed by atoms with Crippen LogP contribution in [0.15, 0.2) is 71.8 Å². The Morgan fingerprint density at radius 3 is 2.47 bits per heavy atom. The number of urea groups is 2. The Morgan fingerprint density at radius 1 is 1.09 bits per heavy atom. The minimum atomic E-state index is -0.715. The normalized spacial score (nSPS) is 17.4. The first-order chi connectivity index (χ1) is 16.2. The number of carbonyl (C=O) groups is 2. The first kappa shape index (κ1) is 22.7. The monoisotopic (exact) mass is 460 g/mol. The fraction of sp³-hybridized carbons (Fsp3) is 0.208. The highest BCUT2D eigenvalue weighted by Crippen LogP contribution is 2.37. The fourth-order valence-corrected chi connectivity index (χ4v) is 3.92. The van der Waals surface area contributed by atoms with Gasteiger partial charge in [-0.2, -0.15) is 5.10 Å². The number of hydrogen-bond donors (Lipinski definition) is 2. The number of non-ortho nitro benzene ring substituents is 1. The number of amides is 4. The Hall–Kier alpha value is -4.47. The Bertz CT molecular complexity index is 1280. The summed E-state index contributed by atoms with van der Waals surface area (Å²) in [5.74, 6) is 0. The number of nitro benzene ring substituents is 1. The molecule has 1 heterocycles. The maximum absolute atomic E-state index is 13.2. The lowest BCUT2D eigenvalue weighted by Gasteiger charge is -2.33. The maximum atomic E-state index is 13.2. The van der Waals surface area contributed by atoms with Crippen molar-refractivity contribution in [1.82, 2.24) is 15.6 Å². The molecule has 0 bridgehead atoms. The predicted molar refractivity (Wildman–Crippen MR) is 130 cm³/mol. The van der Waals surface area contributed by atoms with Gasteiger partial charge in [-0.25, -0.2) is 15.0 Å². The molecule has 3 aromatic rings. The summed E-state index contributed by atoms with van der Waals surface area (Å²) in [6, 6.07) is 18.4. The molecule has 1 atom stereocenters. The summed E-state index contributed by atoms with van der Waals surface area (Å²) in [5.41, 5.74) is 2.93. The molecule has 1 saturated heterocycles. The number of carbonyl (C=O) groups excluding carboxylic acids is 2. The van der Waals surface area contributed by atoms with Crippen LogP contribution in [0, 0.1) is 10.1 Å². The van der Waals surface area contributed by atoms with E-state index >= 15 is 0 Å². The van der Waals surface area contributed by atoms with E-state index < -0.39 is 22.7 Å². The molecule has 0 aromatic heterocycles. The standard InChI is InChI=1S/C24H24N6O4/c1-24(2)21(26-22(31)27-25-15-16-11-13-18(14-12-16)30(33)34)29(23(32)28(24)3)20-10-6-8-17-7-4-5-9-19(17)20/h4-15,21H,1-3H3,(H2,26,27,31)/b25-15+. The molecular weight excluding hydrogens is 436 g/mol. The van der Waals surface area contributed by atoms with Gasteiger partial charge in [0.05, 0.1) is 22.4 Å². The van der Waals surface area contributed by atoms with Gasteiger partial charge in [-0.1, -0.05) is 36.4 Å². The SMILES string of the molecule is CN1C(=O)N(c2cccc3ccccc23)C(NC(=O)N/N=C/c2ccc([N+](=O)[O-])cc2)C1(C)C. The van der Waals surface area contributed by atoms with Crippen molar-refractivity contribution in [3.63, 3.8) is 0 Å². The summed E-state index contributed by atoms with van der Waals surface area (Å²) in [7, 11) is 1.70. The van der Waals surface area contributed by atoms with Gasteiger partial charge < -0.3 is 10.2 Å². The van der Waals surface area contributed by atoms with Crippen molar-refractivity contribution in [2.75, 3.05) is 11.9 Å². The van der Waals surface area contributed by atoms with Crippen LogP contribution in [0.3, 0.4) is 0 Å². The van der Waals surface area contributed by atoms with Crippen LogP contribution < -0.4 is 15.6 Å². The van der Waals surface area contributed by atoms with Gasteiger partial charge in [0.15, 0.2) is 0 Å². The highest BCUT2D eigenvalue weighted by Gasteiger charge is 2.51. The number of benzene rings is 3. The van der Waals surface area contributed by atoms with E-state index in [1.54, 1.807) is 16.8 Å². The van der Waals surface area contributed by atoms with E-state index in [1.165, 1.54) is 30.5 Å². The lowest BCUT2D eigenvalue weighted by Crippen LogP contribution is -2.57. The van der Waals surface area contributed by atoms with Crippen molar-refractivity contribution in [1.29, 1.82) is 0 Å². The number of hydrogen-bond acceptors (Lipinski definition) is 5. The Labute approximate surface area is 196 Å². The molecule has 1 fully saturated rings. The van der Waals surface area contributed by atoms with E-state index in [0.29, 0.717) is 11.3 Å². The van der Waals surface area contributed by atoms with Gasteiger partial charge in [0.25, 0.3) is 5.69 Å². The van der Waals surface area contributed by atoms with E-state index in [1.807, 2.05) is 56.3 Å². The van der Waals surface area contributed by atoms with Gasteiger partial charge >= 0.3 is 12.1 Å². The topological polar surface area (TPSA) is 120 Å². The first-order valence-electron chi connectivity index (χ1n) is 10.6. The van der Waals surface area contributed by atoms with Crippen molar-refractivity contribution in [2.24, 2.45) is 5.10 Å². The van der Waals surface area contributed by atoms with Crippen molar-refractivity contribution < 1.29 is 14.5 Å². The maximum Gasteiger partial charge on any atom is 0.336 e. The molecule has 1 aliphatic rings. The molecule has 3 aromatic carbocycles. The molecule has 0 aliphatic carbocycles. The third-order valence-electron chi connectivity index (χ3n) is 6.06. The fourth-order valence-electron chi connectivity index (χ4n) is 3.92. The summed E-state index contributed by atoms with van der Waals surface area (Å²) in [6.45, 7) is 3.75. The van der Waals surface area contributed by atoms with Crippen LogP contribution in [0.2, 0.25) is 0 Å². The summed E-state index contributed by atoms with van der Waals surface area (Å²) >= 11 is 0. The number of fused-ring (bicyclic) bond motifs is 1. The largest absolute Gasteiger partial charge is 0.336 e. The van der Waals surface area contributed by atoms with Gasteiger partial charge in [-0.3, -0.25) is 15.0 Å². The van der Waals surface area contributed by atoms with Crippen molar-refractivity contribution >= 4 is 40.4 Å². The molecule has 1 unspecified atom stereocenters. The van der Waals surface area contributed by atoms with Gasteiger partial charge in [-0.15, -0.1) is 0 Å². The number of nitrogens with one attached hydrogen (secondary N) is 2. The van der Waals surface area contributed by atoms with Crippen molar-refractivity contribution in [3.8, 4) is 0 Å². The lowest BCUT2D eigenvalue weighted by molar-refractivity contribution is -0.384. The summed E-state index contributed by atoms with van der Waals surface area (Å²) in [6.07, 6.45) is 0.702. The Morgan fingerprint density at radius 2 is 1.76 bits per heavy atom. The van der Waals surface area contributed by atoms with E-state index in [0.717, 1.165) is 10.8 Å². The number of nitro groups is 1. The highest BCUT2D eigenvalue weighted by molar-refractivity contribution is 6.05. The molecule has 2 N–H and O–H groups in total. The van der Waals surface area contributed by atoms with Crippen LogP contribution in [0.5, 0.6) is 0 Å². The van der Waals surface area contributed by atoms with E-state index in [2.05, 4.69) is 15.8 Å². The van der Waals surface area contributed by atoms with Crippen LogP contribution >= 0.6 is 0 Å². The number of anilines is 1. The van der Waals surface area contributed by atoms with Gasteiger partial charge in [0.2, 0.25) is 0 Å². The van der Waals surface area contributed by atoms with E-state index in [-0.39, 0.29) is 11.7 Å². The number of rotatable bonds is 5. The Balaban J connectivity index is 1.55. The number of likely N-dealkylation sites (N-methyl/N-ethyl adjacent to an activating group) is 1. The molecule has 4 rings (SSSR count). The number of nitrogens with zero attached hydrogens (tertiary/aromatic N) is 4. The third-order valence-corrected chi connectivity index (χ3v) is 6.06. The van der Waals surface area contributed by atoms with Gasteiger partial charge in [-0.05, 0) is 43.0 Å². The zero-order valence-electron chi connectivity index (χ0n) is 18.9. The average molecular weight is 460 g/mol. The smallest absolute Gasteiger partial charge is 0.318 e. The molecule has 1 aliphatic heterocycles.